The monoisotopic (exact) mass is 478 g/mol. The van der Waals surface area contributed by atoms with E-state index in [0.29, 0.717) is 37.9 Å². The van der Waals surface area contributed by atoms with Crippen molar-refractivity contribution in [3.63, 3.8) is 0 Å². The number of morpholine rings is 1. The number of nitrogens with zero attached hydrogens (tertiary/aromatic N) is 2. The van der Waals surface area contributed by atoms with Crippen LogP contribution in [0.25, 0.3) is 0 Å². The molecule has 1 N–H and O–H groups in total. The summed E-state index contributed by atoms with van der Waals surface area (Å²) >= 11 is 1.23. The van der Waals surface area contributed by atoms with Gasteiger partial charge in [0.2, 0.25) is 11.8 Å². The van der Waals surface area contributed by atoms with Gasteiger partial charge in [-0.3, -0.25) is 9.59 Å². The highest BCUT2D eigenvalue weighted by Gasteiger charge is 2.35. The number of rotatable bonds is 6. The van der Waals surface area contributed by atoms with Crippen LogP contribution in [0, 0.1) is 17.8 Å². The third-order valence-electron chi connectivity index (χ3n) is 6.77. The fourth-order valence-electron chi connectivity index (χ4n) is 4.59. The molecule has 184 valence electrons. The first-order chi connectivity index (χ1) is 15.5. The number of hydrogen-bond donors (Lipinski definition) is 1. The molecule has 0 bridgehead atoms. The summed E-state index contributed by atoms with van der Waals surface area (Å²) < 4.78 is 5.36. The van der Waals surface area contributed by atoms with E-state index >= 15 is 0 Å². The minimum absolute atomic E-state index is 0.0171. The largest absolute Gasteiger partial charge is 0.477 e. The van der Waals surface area contributed by atoms with E-state index in [1.807, 2.05) is 33.8 Å². The summed E-state index contributed by atoms with van der Waals surface area (Å²) in [5.41, 5.74) is 0.194. The molecule has 33 heavy (non-hydrogen) atoms. The zero-order valence-corrected chi connectivity index (χ0v) is 21.4. The van der Waals surface area contributed by atoms with Gasteiger partial charge in [0.25, 0.3) is 0 Å². The van der Waals surface area contributed by atoms with Crippen LogP contribution in [-0.2, 0) is 19.7 Å². The summed E-state index contributed by atoms with van der Waals surface area (Å²) in [5, 5.41) is 9.95. The molecular weight excluding hydrogens is 440 g/mol. The summed E-state index contributed by atoms with van der Waals surface area (Å²) in [6.07, 6.45) is 3.60. The Balaban J connectivity index is 1.93. The van der Waals surface area contributed by atoms with Gasteiger partial charge in [0.05, 0.1) is 24.8 Å². The van der Waals surface area contributed by atoms with Gasteiger partial charge in [-0.1, -0.05) is 34.6 Å². The number of thiophene rings is 1. The lowest BCUT2D eigenvalue weighted by Crippen LogP contribution is -2.48. The Bertz CT molecular complexity index is 861. The Hall–Kier alpha value is -1.93. The molecule has 2 heterocycles. The number of amides is 2. The number of ether oxygens (including phenoxy) is 1. The van der Waals surface area contributed by atoms with E-state index in [1.165, 1.54) is 11.3 Å². The van der Waals surface area contributed by atoms with E-state index in [0.717, 1.165) is 30.6 Å². The van der Waals surface area contributed by atoms with E-state index < -0.39 is 11.9 Å². The van der Waals surface area contributed by atoms with Gasteiger partial charge in [0, 0.05) is 30.4 Å². The minimum Gasteiger partial charge on any atom is -0.477 e. The third kappa shape index (κ3) is 6.15. The lowest BCUT2D eigenvalue weighted by atomic mass is 9.82. The Kier molecular flexibility index (Phi) is 8.22. The van der Waals surface area contributed by atoms with Gasteiger partial charge >= 0.3 is 5.97 Å². The standard InChI is InChI=1S/C25H38N2O5S/c1-16-6-8-18(9-7-16)23(29)27(15-17(2)22(28)26-10-12-32-13-11-26)19-14-20(25(3,4)5)33-21(19)24(30)31/h14,16-18H,6-13,15H2,1-5H3,(H,30,31)/t16?,17-,18?/m1/s1. The van der Waals surface area contributed by atoms with Gasteiger partial charge < -0.3 is 19.6 Å². The van der Waals surface area contributed by atoms with E-state index in [9.17, 15) is 19.5 Å². The van der Waals surface area contributed by atoms with Crippen molar-refractivity contribution in [3.8, 4) is 0 Å². The van der Waals surface area contributed by atoms with Crippen molar-refractivity contribution < 1.29 is 24.2 Å². The number of carbonyl (C=O) groups excluding carboxylic acids is 2. The lowest BCUT2D eigenvalue weighted by Gasteiger charge is -2.34. The van der Waals surface area contributed by atoms with Crippen LogP contribution in [0.4, 0.5) is 5.69 Å². The number of carboxylic acids is 1. The first-order valence-electron chi connectivity index (χ1n) is 12.0. The molecule has 1 atom stereocenters. The van der Waals surface area contributed by atoms with Crippen LogP contribution in [0.5, 0.6) is 0 Å². The maximum Gasteiger partial charge on any atom is 0.348 e. The molecule has 0 spiro atoms. The summed E-state index contributed by atoms with van der Waals surface area (Å²) in [7, 11) is 0. The van der Waals surface area contributed by atoms with Crippen molar-refractivity contribution in [3.05, 3.63) is 15.8 Å². The molecule has 7 nitrogen and oxygen atoms in total. The quantitative estimate of drug-likeness (QED) is 0.655. The molecule has 2 fully saturated rings. The highest BCUT2D eigenvalue weighted by atomic mass is 32.1. The fraction of sp³-hybridized carbons (Fsp3) is 0.720. The number of anilines is 1. The van der Waals surface area contributed by atoms with Gasteiger partial charge in [0.15, 0.2) is 0 Å². The SMILES string of the molecule is CC1CCC(C(=O)N(C[C@@H](C)C(=O)N2CCOCC2)c2cc(C(C)(C)C)sc2C(=O)O)CC1. The van der Waals surface area contributed by atoms with E-state index in [-0.39, 0.29) is 34.6 Å². The topological polar surface area (TPSA) is 87.2 Å². The third-order valence-corrected chi connectivity index (χ3v) is 8.31. The molecule has 2 aliphatic rings. The number of carbonyl (C=O) groups is 3. The summed E-state index contributed by atoms with van der Waals surface area (Å²) in [4.78, 5) is 43.5. The molecule has 2 amide bonds. The van der Waals surface area contributed by atoms with Crippen LogP contribution in [0.15, 0.2) is 6.07 Å². The summed E-state index contributed by atoms with van der Waals surface area (Å²) in [5.74, 6) is -1.07. The van der Waals surface area contributed by atoms with Crippen molar-refractivity contribution in [1.29, 1.82) is 0 Å². The molecule has 1 saturated heterocycles. The molecule has 1 saturated carbocycles. The van der Waals surface area contributed by atoms with Crippen molar-refractivity contribution in [2.75, 3.05) is 37.7 Å². The van der Waals surface area contributed by atoms with E-state index in [2.05, 4.69) is 6.92 Å². The van der Waals surface area contributed by atoms with Crippen molar-refractivity contribution in [2.45, 2.75) is 65.7 Å². The first-order valence-corrected chi connectivity index (χ1v) is 12.9. The van der Waals surface area contributed by atoms with Gasteiger partial charge in [-0.15, -0.1) is 11.3 Å². The van der Waals surface area contributed by atoms with Gasteiger partial charge in [-0.25, -0.2) is 4.79 Å². The molecule has 1 aliphatic carbocycles. The Morgan fingerprint density at radius 3 is 2.33 bits per heavy atom. The predicted octanol–water partition coefficient (Wildman–Crippen LogP) is 4.40. The minimum atomic E-state index is -1.03. The van der Waals surface area contributed by atoms with Crippen LogP contribution in [-0.4, -0.2) is 60.6 Å². The number of aromatic carboxylic acids is 1. The molecule has 0 aromatic carbocycles. The Morgan fingerprint density at radius 2 is 1.79 bits per heavy atom. The highest BCUT2D eigenvalue weighted by molar-refractivity contribution is 7.14. The van der Waals surface area contributed by atoms with Crippen molar-refractivity contribution in [1.82, 2.24) is 4.90 Å². The van der Waals surface area contributed by atoms with Crippen molar-refractivity contribution >= 4 is 34.8 Å². The van der Waals surface area contributed by atoms with Gasteiger partial charge in [0.1, 0.15) is 4.88 Å². The van der Waals surface area contributed by atoms with Crippen molar-refractivity contribution in [2.24, 2.45) is 17.8 Å². The van der Waals surface area contributed by atoms with Crippen LogP contribution in [0.1, 0.15) is 74.9 Å². The molecule has 0 unspecified atom stereocenters. The maximum atomic E-state index is 13.8. The maximum absolute atomic E-state index is 13.8. The van der Waals surface area contributed by atoms with Crippen LogP contribution >= 0.6 is 11.3 Å². The van der Waals surface area contributed by atoms with Gasteiger partial charge in [-0.2, -0.15) is 0 Å². The van der Waals surface area contributed by atoms with Crippen LogP contribution in [0.2, 0.25) is 0 Å². The van der Waals surface area contributed by atoms with Gasteiger partial charge in [-0.05, 0) is 43.1 Å². The van der Waals surface area contributed by atoms with Crippen LogP contribution < -0.4 is 4.90 Å². The second-order valence-electron chi connectivity index (χ2n) is 10.6. The second-order valence-corrected chi connectivity index (χ2v) is 11.7. The van der Waals surface area contributed by atoms with E-state index in [1.54, 1.807) is 9.80 Å². The molecule has 0 radical (unpaired) electrons. The first kappa shape index (κ1) is 25.7. The smallest absolute Gasteiger partial charge is 0.348 e. The molecule has 3 rings (SSSR count). The Morgan fingerprint density at radius 1 is 1.18 bits per heavy atom. The fourth-order valence-corrected chi connectivity index (χ4v) is 5.64. The molecule has 8 heteroatoms. The van der Waals surface area contributed by atoms with E-state index in [4.69, 9.17) is 4.74 Å². The highest BCUT2D eigenvalue weighted by Crippen LogP contribution is 2.39. The number of carboxylic acid groups (broad SMARTS) is 1. The second kappa shape index (κ2) is 10.6. The molecular formula is C25H38N2O5S. The average Bonchev–Trinajstić information content (AvgIpc) is 3.23. The predicted molar refractivity (Wildman–Crippen MR) is 130 cm³/mol. The molecule has 1 aliphatic heterocycles. The summed E-state index contributed by atoms with van der Waals surface area (Å²) in [6.45, 7) is 12.5. The molecule has 1 aromatic rings. The Labute approximate surface area is 201 Å². The average molecular weight is 479 g/mol. The van der Waals surface area contributed by atoms with Crippen LogP contribution in [0.3, 0.4) is 0 Å². The zero-order valence-electron chi connectivity index (χ0n) is 20.6. The number of hydrogen-bond acceptors (Lipinski definition) is 5. The lowest BCUT2D eigenvalue weighted by molar-refractivity contribution is -0.138. The normalized spacial score (nSPS) is 22.6. The molecule has 1 aromatic heterocycles. The summed E-state index contributed by atoms with van der Waals surface area (Å²) in [6, 6.07) is 1.85. The zero-order chi connectivity index (χ0) is 24.3.